The first-order valence-electron chi connectivity index (χ1n) is 10.3. The maximum absolute atomic E-state index is 12.4. The SMILES string of the molecule is O=C(OCC(=O)N1CCN(C2CCS(=O)(=O)C2)CC1)C1[C@@H]2[C@H]3CC[C@H](C3)[C@H]12. The Morgan fingerprint density at radius 1 is 0.963 bits per heavy atom. The second kappa shape index (κ2) is 6.44. The van der Waals surface area contributed by atoms with Crippen molar-refractivity contribution in [2.75, 3.05) is 44.3 Å². The molecule has 2 heterocycles. The average molecular weight is 397 g/mol. The molecule has 1 amide bonds. The number of carbonyl (C=O) groups excluding carboxylic acids is 2. The number of carbonyl (C=O) groups is 2. The standard InChI is InChI=1S/C19H28N2O5S/c22-15(10-26-19(23)18-16-12-1-2-13(9-12)17(16)18)21-6-4-20(5-7-21)14-3-8-27(24,25)11-14/h12-14,16-18H,1-11H2/t12-,13+,14?,16+,17-,18?. The van der Waals surface area contributed by atoms with Crippen molar-refractivity contribution in [1.82, 2.24) is 9.80 Å². The van der Waals surface area contributed by atoms with Gasteiger partial charge in [-0.1, -0.05) is 0 Å². The summed E-state index contributed by atoms with van der Waals surface area (Å²) in [6.45, 7) is 2.38. The van der Waals surface area contributed by atoms with Gasteiger partial charge >= 0.3 is 5.97 Å². The minimum atomic E-state index is -2.88. The van der Waals surface area contributed by atoms with Crippen LogP contribution >= 0.6 is 0 Å². The van der Waals surface area contributed by atoms with Gasteiger partial charge in [-0.3, -0.25) is 14.5 Å². The van der Waals surface area contributed by atoms with Gasteiger partial charge in [0.25, 0.3) is 5.91 Å². The lowest BCUT2D eigenvalue weighted by molar-refractivity contribution is -0.154. The summed E-state index contributed by atoms with van der Waals surface area (Å²) < 4.78 is 28.7. The fourth-order valence-corrected chi connectivity index (χ4v) is 8.12. The Hall–Kier alpha value is -1.15. The molecule has 0 aromatic rings. The zero-order chi connectivity index (χ0) is 18.8. The average Bonchev–Trinajstić information content (AvgIpc) is 2.93. The number of esters is 1. The van der Waals surface area contributed by atoms with E-state index in [-0.39, 0.29) is 41.9 Å². The predicted octanol–water partition coefficient (Wildman–Crippen LogP) is 0.153. The number of rotatable bonds is 4. The van der Waals surface area contributed by atoms with Gasteiger partial charge in [-0.05, 0) is 49.4 Å². The van der Waals surface area contributed by atoms with Gasteiger partial charge in [0.1, 0.15) is 0 Å². The van der Waals surface area contributed by atoms with Crippen molar-refractivity contribution in [3.63, 3.8) is 0 Å². The first-order valence-corrected chi connectivity index (χ1v) is 12.1. The normalized spacial score (nSPS) is 42.1. The van der Waals surface area contributed by atoms with Crippen molar-refractivity contribution < 1.29 is 22.7 Å². The molecule has 2 aliphatic heterocycles. The monoisotopic (exact) mass is 396 g/mol. The predicted molar refractivity (Wildman–Crippen MR) is 97.5 cm³/mol. The molecule has 5 fully saturated rings. The Balaban J connectivity index is 1.06. The number of ether oxygens (including phenoxy) is 1. The lowest BCUT2D eigenvalue weighted by Gasteiger charge is -2.37. The van der Waals surface area contributed by atoms with E-state index >= 15 is 0 Å². The Morgan fingerprint density at radius 2 is 1.63 bits per heavy atom. The molecule has 2 unspecified atom stereocenters. The van der Waals surface area contributed by atoms with Crippen molar-refractivity contribution in [2.24, 2.45) is 29.6 Å². The van der Waals surface area contributed by atoms with Crippen LogP contribution in [0.2, 0.25) is 0 Å². The maximum atomic E-state index is 12.4. The molecule has 0 radical (unpaired) electrons. The number of piperazine rings is 1. The molecule has 2 bridgehead atoms. The highest BCUT2D eigenvalue weighted by Crippen LogP contribution is 2.69. The number of nitrogens with zero attached hydrogens (tertiary/aromatic N) is 2. The summed E-state index contributed by atoms with van der Waals surface area (Å²) in [5, 5.41) is 0. The molecule has 7 nitrogen and oxygen atoms in total. The number of fused-ring (bicyclic) bond motifs is 5. The Morgan fingerprint density at radius 3 is 2.22 bits per heavy atom. The Kier molecular flexibility index (Phi) is 4.27. The third-order valence-corrected chi connectivity index (χ3v) is 9.49. The second-order valence-corrected chi connectivity index (χ2v) is 11.3. The van der Waals surface area contributed by atoms with Crippen molar-refractivity contribution in [2.45, 2.75) is 31.7 Å². The first-order chi connectivity index (χ1) is 12.9. The largest absolute Gasteiger partial charge is 0.455 e. The molecule has 3 saturated carbocycles. The molecule has 0 aromatic carbocycles. The fraction of sp³-hybridized carbons (Fsp3) is 0.895. The number of sulfone groups is 1. The highest BCUT2D eigenvalue weighted by Gasteiger charge is 2.68. The minimum Gasteiger partial charge on any atom is -0.455 e. The zero-order valence-electron chi connectivity index (χ0n) is 15.6. The summed E-state index contributed by atoms with van der Waals surface area (Å²) in [5.41, 5.74) is 0. The van der Waals surface area contributed by atoms with Crippen LogP contribution in [-0.4, -0.2) is 80.4 Å². The summed E-state index contributed by atoms with van der Waals surface area (Å²) in [4.78, 5) is 28.7. The maximum Gasteiger partial charge on any atom is 0.310 e. The third kappa shape index (κ3) is 3.18. The van der Waals surface area contributed by atoms with Gasteiger partial charge in [0, 0.05) is 32.2 Å². The number of amides is 1. The van der Waals surface area contributed by atoms with E-state index in [9.17, 15) is 18.0 Å². The smallest absolute Gasteiger partial charge is 0.310 e. The van der Waals surface area contributed by atoms with Crippen LogP contribution in [0.25, 0.3) is 0 Å². The van der Waals surface area contributed by atoms with Gasteiger partial charge in [-0.15, -0.1) is 0 Å². The molecule has 8 heteroatoms. The Bertz CT molecular complexity index is 729. The molecule has 0 N–H and O–H groups in total. The summed E-state index contributed by atoms with van der Waals surface area (Å²) in [5.74, 6) is 2.81. The van der Waals surface area contributed by atoms with E-state index in [2.05, 4.69) is 4.90 Å². The number of hydrogen-bond acceptors (Lipinski definition) is 6. The van der Waals surface area contributed by atoms with E-state index in [0.717, 1.165) is 11.8 Å². The van der Waals surface area contributed by atoms with Crippen LogP contribution in [0, 0.1) is 29.6 Å². The molecule has 0 aromatic heterocycles. The fourth-order valence-electron chi connectivity index (χ4n) is 6.36. The molecule has 5 aliphatic rings. The molecule has 3 aliphatic carbocycles. The topological polar surface area (TPSA) is 84.0 Å². The quantitative estimate of drug-likeness (QED) is 0.629. The van der Waals surface area contributed by atoms with Crippen molar-refractivity contribution >= 4 is 21.7 Å². The Labute approximate surface area is 160 Å². The van der Waals surface area contributed by atoms with Crippen molar-refractivity contribution in [3.8, 4) is 0 Å². The van der Waals surface area contributed by atoms with Crippen LogP contribution in [-0.2, 0) is 24.2 Å². The van der Waals surface area contributed by atoms with Crippen LogP contribution in [0.4, 0.5) is 0 Å². The van der Waals surface area contributed by atoms with E-state index in [0.29, 0.717) is 44.4 Å². The zero-order valence-corrected chi connectivity index (χ0v) is 16.4. The van der Waals surface area contributed by atoms with Crippen LogP contribution in [0.3, 0.4) is 0 Å². The van der Waals surface area contributed by atoms with Crippen LogP contribution in [0.5, 0.6) is 0 Å². The van der Waals surface area contributed by atoms with Crippen molar-refractivity contribution in [1.29, 1.82) is 0 Å². The highest BCUT2D eigenvalue weighted by atomic mass is 32.2. The molecular formula is C19H28N2O5S. The van der Waals surface area contributed by atoms with Crippen molar-refractivity contribution in [3.05, 3.63) is 0 Å². The lowest BCUT2D eigenvalue weighted by atomic mass is 10.0. The van der Waals surface area contributed by atoms with Gasteiger partial charge in [0.05, 0.1) is 17.4 Å². The van der Waals surface area contributed by atoms with E-state index in [4.69, 9.17) is 4.74 Å². The molecule has 27 heavy (non-hydrogen) atoms. The van der Waals surface area contributed by atoms with Crippen LogP contribution in [0.15, 0.2) is 0 Å². The van der Waals surface area contributed by atoms with Gasteiger partial charge in [-0.25, -0.2) is 8.42 Å². The van der Waals surface area contributed by atoms with Crippen LogP contribution < -0.4 is 0 Å². The van der Waals surface area contributed by atoms with Gasteiger partial charge < -0.3 is 9.64 Å². The van der Waals surface area contributed by atoms with E-state index in [1.54, 1.807) is 4.90 Å². The molecule has 6 atom stereocenters. The van der Waals surface area contributed by atoms with Gasteiger partial charge in [-0.2, -0.15) is 0 Å². The van der Waals surface area contributed by atoms with Gasteiger partial charge in [0.2, 0.25) is 0 Å². The molecule has 0 spiro atoms. The van der Waals surface area contributed by atoms with E-state index in [1.807, 2.05) is 0 Å². The third-order valence-electron chi connectivity index (χ3n) is 7.74. The van der Waals surface area contributed by atoms with Gasteiger partial charge in [0.15, 0.2) is 16.4 Å². The van der Waals surface area contributed by atoms with E-state index in [1.165, 1.54) is 19.3 Å². The number of hydrogen-bond donors (Lipinski definition) is 0. The first kappa shape index (κ1) is 17.9. The molecule has 150 valence electrons. The summed E-state index contributed by atoms with van der Waals surface area (Å²) in [7, 11) is -2.88. The summed E-state index contributed by atoms with van der Waals surface area (Å²) in [6.07, 6.45) is 4.52. The molecular weight excluding hydrogens is 368 g/mol. The second-order valence-electron chi connectivity index (χ2n) is 9.10. The molecule has 5 rings (SSSR count). The minimum absolute atomic E-state index is 0.0604. The summed E-state index contributed by atoms with van der Waals surface area (Å²) >= 11 is 0. The van der Waals surface area contributed by atoms with E-state index < -0.39 is 9.84 Å². The molecule has 2 saturated heterocycles. The highest BCUT2D eigenvalue weighted by molar-refractivity contribution is 7.91. The summed E-state index contributed by atoms with van der Waals surface area (Å²) in [6, 6.07) is 0.0923. The van der Waals surface area contributed by atoms with Crippen LogP contribution in [0.1, 0.15) is 25.7 Å². The lowest BCUT2D eigenvalue weighted by Crippen LogP contribution is -2.53.